The van der Waals surface area contributed by atoms with Crippen molar-refractivity contribution in [3.8, 4) is 5.75 Å². The molecule has 1 aliphatic heterocycles. The molecule has 0 bridgehead atoms. The van der Waals surface area contributed by atoms with Gasteiger partial charge < -0.3 is 24.4 Å². The van der Waals surface area contributed by atoms with Crippen LogP contribution in [0.5, 0.6) is 5.75 Å². The van der Waals surface area contributed by atoms with Gasteiger partial charge in [0.2, 0.25) is 0 Å². The standard InChI is InChI=1S/C16H26N2O3/c1-19-11-12-20-13-14-21-16-5-3-15(4-6-16)18-9-2-7-17-8-10-18/h3-6,17H,2,7-14H2,1H3. The van der Waals surface area contributed by atoms with Gasteiger partial charge in [0.1, 0.15) is 12.4 Å². The second-order valence-corrected chi connectivity index (χ2v) is 5.04. The molecular weight excluding hydrogens is 268 g/mol. The number of anilines is 1. The molecule has 1 fully saturated rings. The van der Waals surface area contributed by atoms with E-state index in [1.54, 1.807) is 7.11 Å². The fourth-order valence-electron chi connectivity index (χ4n) is 2.32. The molecule has 5 heteroatoms. The molecule has 1 N–H and O–H groups in total. The summed E-state index contributed by atoms with van der Waals surface area (Å²) in [6, 6.07) is 8.32. The van der Waals surface area contributed by atoms with Crippen molar-refractivity contribution in [2.45, 2.75) is 6.42 Å². The summed E-state index contributed by atoms with van der Waals surface area (Å²) < 4.78 is 15.9. The van der Waals surface area contributed by atoms with Gasteiger partial charge in [-0.3, -0.25) is 0 Å². The van der Waals surface area contributed by atoms with E-state index in [9.17, 15) is 0 Å². The Bertz CT molecular complexity index is 376. The topological polar surface area (TPSA) is 43.0 Å². The Hall–Kier alpha value is -1.30. The molecule has 0 spiro atoms. The van der Waals surface area contributed by atoms with Crippen LogP contribution >= 0.6 is 0 Å². The van der Waals surface area contributed by atoms with E-state index in [1.807, 2.05) is 12.1 Å². The van der Waals surface area contributed by atoms with E-state index in [0.29, 0.717) is 26.4 Å². The van der Waals surface area contributed by atoms with E-state index in [1.165, 1.54) is 12.1 Å². The fraction of sp³-hybridized carbons (Fsp3) is 0.625. The number of ether oxygens (including phenoxy) is 3. The van der Waals surface area contributed by atoms with Crippen LogP contribution in [0.25, 0.3) is 0 Å². The molecule has 1 aromatic carbocycles. The number of hydrogen-bond acceptors (Lipinski definition) is 5. The first kappa shape index (κ1) is 16.1. The maximum absolute atomic E-state index is 5.66. The minimum absolute atomic E-state index is 0.566. The Balaban J connectivity index is 1.71. The minimum Gasteiger partial charge on any atom is -0.491 e. The molecule has 0 amide bonds. The van der Waals surface area contributed by atoms with Crippen LogP contribution in [0.15, 0.2) is 24.3 Å². The summed E-state index contributed by atoms with van der Waals surface area (Å²) in [5.74, 6) is 0.891. The molecular formula is C16H26N2O3. The van der Waals surface area contributed by atoms with E-state index in [-0.39, 0.29) is 0 Å². The number of nitrogens with one attached hydrogen (secondary N) is 1. The molecule has 0 aromatic heterocycles. The molecule has 0 saturated carbocycles. The number of methoxy groups -OCH3 is 1. The molecule has 1 saturated heterocycles. The summed E-state index contributed by atoms with van der Waals surface area (Å²) in [7, 11) is 1.67. The zero-order chi connectivity index (χ0) is 14.8. The first-order valence-corrected chi connectivity index (χ1v) is 7.65. The summed E-state index contributed by atoms with van der Waals surface area (Å²) in [5, 5.41) is 3.42. The quantitative estimate of drug-likeness (QED) is 0.737. The second-order valence-electron chi connectivity index (χ2n) is 5.04. The maximum atomic E-state index is 5.66. The molecule has 5 nitrogen and oxygen atoms in total. The van der Waals surface area contributed by atoms with Crippen LogP contribution in [-0.2, 0) is 9.47 Å². The highest BCUT2D eigenvalue weighted by molar-refractivity contribution is 5.49. The Morgan fingerprint density at radius 2 is 1.81 bits per heavy atom. The van der Waals surface area contributed by atoms with Crippen molar-refractivity contribution >= 4 is 5.69 Å². The monoisotopic (exact) mass is 294 g/mol. The first-order chi connectivity index (χ1) is 10.4. The van der Waals surface area contributed by atoms with Crippen LogP contribution in [-0.4, -0.2) is 59.7 Å². The van der Waals surface area contributed by atoms with Crippen LogP contribution in [0, 0.1) is 0 Å². The third-order valence-electron chi connectivity index (χ3n) is 3.47. The van der Waals surface area contributed by atoms with Gasteiger partial charge in [-0.1, -0.05) is 0 Å². The average molecular weight is 294 g/mol. The predicted octanol–water partition coefficient (Wildman–Crippen LogP) is 1.53. The van der Waals surface area contributed by atoms with Crippen LogP contribution in [0.2, 0.25) is 0 Å². The van der Waals surface area contributed by atoms with E-state index < -0.39 is 0 Å². The number of hydrogen-bond donors (Lipinski definition) is 1. The van der Waals surface area contributed by atoms with Gasteiger partial charge in [-0.05, 0) is 37.2 Å². The lowest BCUT2D eigenvalue weighted by Crippen LogP contribution is -2.27. The Kier molecular flexibility index (Phi) is 7.35. The zero-order valence-electron chi connectivity index (χ0n) is 12.8. The van der Waals surface area contributed by atoms with E-state index in [4.69, 9.17) is 14.2 Å². The third-order valence-corrected chi connectivity index (χ3v) is 3.47. The highest BCUT2D eigenvalue weighted by Crippen LogP contribution is 2.20. The maximum Gasteiger partial charge on any atom is 0.119 e. The van der Waals surface area contributed by atoms with Crippen molar-refractivity contribution in [3.63, 3.8) is 0 Å². The van der Waals surface area contributed by atoms with Gasteiger partial charge in [-0.2, -0.15) is 0 Å². The lowest BCUT2D eigenvalue weighted by atomic mass is 10.2. The van der Waals surface area contributed by atoms with E-state index in [0.717, 1.165) is 31.9 Å². The summed E-state index contributed by atoms with van der Waals surface area (Å²) in [6.45, 7) is 6.73. The molecule has 0 radical (unpaired) electrons. The Morgan fingerprint density at radius 3 is 2.62 bits per heavy atom. The summed E-state index contributed by atoms with van der Waals surface area (Å²) in [5.41, 5.74) is 1.27. The van der Waals surface area contributed by atoms with Crippen LogP contribution in [0.3, 0.4) is 0 Å². The van der Waals surface area contributed by atoms with Crippen molar-refractivity contribution in [2.75, 3.05) is 64.6 Å². The number of benzene rings is 1. The van der Waals surface area contributed by atoms with Crippen molar-refractivity contribution < 1.29 is 14.2 Å². The smallest absolute Gasteiger partial charge is 0.119 e. The normalized spacial score (nSPS) is 15.8. The molecule has 0 unspecified atom stereocenters. The van der Waals surface area contributed by atoms with Gasteiger partial charge in [-0.15, -0.1) is 0 Å². The molecule has 21 heavy (non-hydrogen) atoms. The van der Waals surface area contributed by atoms with Gasteiger partial charge in [0.05, 0.1) is 19.8 Å². The lowest BCUT2D eigenvalue weighted by Gasteiger charge is -2.22. The van der Waals surface area contributed by atoms with Gasteiger partial charge in [0.15, 0.2) is 0 Å². The predicted molar refractivity (Wildman–Crippen MR) is 84.3 cm³/mol. The average Bonchev–Trinajstić information content (AvgIpc) is 2.81. The van der Waals surface area contributed by atoms with Gasteiger partial charge >= 0.3 is 0 Å². The molecule has 1 heterocycles. The molecule has 0 atom stereocenters. The van der Waals surface area contributed by atoms with Crippen molar-refractivity contribution in [2.24, 2.45) is 0 Å². The highest BCUT2D eigenvalue weighted by Gasteiger charge is 2.09. The van der Waals surface area contributed by atoms with E-state index >= 15 is 0 Å². The van der Waals surface area contributed by atoms with Crippen molar-refractivity contribution in [3.05, 3.63) is 24.3 Å². The highest BCUT2D eigenvalue weighted by atomic mass is 16.5. The van der Waals surface area contributed by atoms with Gasteiger partial charge in [0, 0.05) is 32.4 Å². The van der Waals surface area contributed by atoms with E-state index in [2.05, 4.69) is 22.3 Å². The second kappa shape index (κ2) is 9.60. The summed E-state index contributed by atoms with van der Waals surface area (Å²) >= 11 is 0. The zero-order valence-corrected chi connectivity index (χ0v) is 12.8. The van der Waals surface area contributed by atoms with Crippen LogP contribution in [0.1, 0.15) is 6.42 Å². The fourth-order valence-corrected chi connectivity index (χ4v) is 2.32. The molecule has 0 aliphatic carbocycles. The number of rotatable bonds is 8. The number of nitrogens with zero attached hydrogens (tertiary/aromatic N) is 1. The van der Waals surface area contributed by atoms with Crippen LogP contribution in [0.4, 0.5) is 5.69 Å². The SMILES string of the molecule is COCCOCCOc1ccc(N2CCCNCC2)cc1. The largest absolute Gasteiger partial charge is 0.491 e. The first-order valence-electron chi connectivity index (χ1n) is 7.65. The molecule has 2 rings (SSSR count). The summed E-state index contributed by atoms with van der Waals surface area (Å²) in [6.07, 6.45) is 1.19. The van der Waals surface area contributed by atoms with Gasteiger partial charge in [-0.25, -0.2) is 0 Å². The molecule has 1 aliphatic rings. The van der Waals surface area contributed by atoms with Crippen molar-refractivity contribution in [1.29, 1.82) is 0 Å². The summed E-state index contributed by atoms with van der Waals surface area (Å²) in [4.78, 5) is 2.41. The molecule has 1 aromatic rings. The lowest BCUT2D eigenvalue weighted by molar-refractivity contribution is 0.0544. The minimum atomic E-state index is 0.566. The van der Waals surface area contributed by atoms with Crippen LogP contribution < -0.4 is 15.0 Å². The Labute approximate surface area is 127 Å². The van der Waals surface area contributed by atoms with Crippen molar-refractivity contribution in [1.82, 2.24) is 5.32 Å². The van der Waals surface area contributed by atoms with Gasteiger partial charge in [0.25, 0.3) is 0 Å². The third kappa shape index (κ3) is 5.91. The molecule has 118 valence electrons. The Morgan fingerprint density at radius 1 is 1.00 bits per heavy atom.